The second kappa shape index (κ2) is 6.30. The monoisotopic (exact) mass is 238 g/mol. The Bertz CT molecular complexity index is 354. The van der Waals surface area contributed by atoms with E-state index in [0.717, 1.165) is 18.5 Å². The van der Waals surface area contributed by atoms with Gasteiger partial charge in [0.05, 0.1) is 17.5 Å². The third kappa shape index (κ3) is 4.04. The van der Waals surface area contributed by atoms with Crippen molar-refractivity contribution in [1.82, 2.24) is 5.32 Å². The number of anilines is 2. The molecular weight excluding hydrogens is 220 g/mol. The van der Waals surface area contributed by atoms with Crippen LogP contribution < -0.4 is 22.1 Å². The number of rotatable bonds is 4. The maximum absolute atomic E-state index is 5.81. The van der Waals surface area contributed by atoms with Gasteiger partial charge in [-0.3, -0.25) is 0 Å². The normalized spacial score (nSPS) is 11.9. The van der Waals surface area contributed by atoms with Crippen molar-refractivity contribution in [2.75, 3.05) is 11.1 Å². The molecular formula is C11H18N4S. The molecule has 0 saturated carbocycles. The summed E-state index contributed by atoms with van der Waals surface area (Å²) in [7, 11) is 0. The molecule has 4 nitrogen and oxygen atoms in total. The molecule has 0 spiro atoms. The Morgan fingerprint density at radius 3 is 2.75 bits per heavy atom. The minimum atomic E-state index is -0.116. The van der Waals surface area contributed by atoms with Gasteiger partial charge >= 0.3 is 0 Å². The molecule has 0 amide bonds. The van der Waals surface area contributed by atoms with E-state index in [4.69, 9.17) is 23.7 Å². The third-order valence-electron chi connectivity index (χ3n) is 2.13. The fraction of sp³-hybridized carbons (Fsp3) is 0.364. The minimum absolute atomic E-state index is 0.116. The Balaban J connectivity index is 2.49. The van der Waals surface area contributed by atoms with Gasteiger partial charge < -0.3 is 22.1 Å². The number of nitrogen functional groups attached to an aromatic ring is 1. The first-order valence-electron chi connectivity index (χ1n) is 5.31. The number of hydrogen-bond acceptors (Lipinski definition) is 3. The highest BCUT2D eigenvalue weighted by Gasteiger charge is 2.04. The van der Waals surface area contributed by atoms with Crippen LogP contribution in [0.5, 0.6) is 0 Å². The summed E-state index contributed by atoms with van der Waals surface area (Å²) >= 11 is 5.13. The Kier molecular flexibility index (Phi) is 5.01. The summed E-state index contributed by atoms with van der Waals surface area (Å²) in [6.07, 6.45) is 1.78. The fourth-order valence-corrected chi connectivity index (χ4v) is 1.58. The van der Waals surface area contributed by atoms with E-state index in [1.807, 2.05) is 24.3 Å². The first kappa shape index (κ1) is 12.7. The molecule has 5 heteroatoms. The SMILES string of the molecule is CCCC(N)NC(=S)Nc1ccccc1N. The van der Waals surface area contributed by atoms with Gasteiger partial charge in [-0.1, -0.05) is 25.5 Å². The van der Waals surface area contributed by atoms with Gasteiger partial charge in [-0.25, -0.2) is 0 Å². The Morgan fingerprint density at radius 1 is 1.44 bits per heavy atom. The smallest absolute Gasteiger partial charge is 0.172 e. The number of thiocarbonyl (C=S) groups is 1. The van der Waals surface area contributed by atoms with Crippen LogP contribution in [0.15, 0.2) is 24.3 Å². The summed E-state index contributed by atoms with van der Waals surface area (Å²) < 4.78 is 0. The van der Waals surface area contributed by atoms with Crippen molar-refractivity contribution >= 4 is 28.7 Å². The lowest BCUT2D eigenvalue weighted by Gasteiger charge is -2.16. The van der Waals surface area contributed by atoms with E-state index in [0.29, 0.717) is 10.8 Å². The quantitative estimate of drug-likeness (QED) is 0.364. The van der Waals surface area contributed by atoms with Crippen LogP contribution in [-0.2, 0) is 0 Å². The standard InChI is InChI=1S/C11H18N4S/c1-2-5-10(13)15-11(16)14-9-7-4-3-6-8(9)12/h3-4,6-7,10H,2,5,12-13H2,1H3,(H2,14,15,16). The van der Waals surface area contributed by atoms with Gasteiger partial charge in [0, 0.05) is 0 Å². The van der Waals surface area contributed by atoms with E-state index in [9.17, 15) is 0 Å². The van der Waals surface area contributed by atoms with E-state index < -0.39 is 0 Å². The summed E-state index contributed by atoms with van der Waals surface area (Å²) in [4.78, 5) is 0. The van der Waals surface area contributed by atoms with Gasteiger partial charge in [0.25, 0.3) is 0 Å². The van der Waals surface area contributed by atoms with Crippen LogP contribution in [0.1, 0.15) is 19.8 Å². The van der Waals surface area contributed by atoms with Crippen LogP contribution >= 0.6 is 12.2 Å². The summed E-state index contributed by atoms with van der Waals surface area (Å²) in [5.41, 5.74) is 13.0. The van der Waals surface area contributed by atoms with Crippen LogP contribution in [0.2, 0.25) is 0 Å². The Hall–Kier alpha value is -1.33. The molecule has 88 valence electrons. The van der Waals surface area contributed by atoms with E-state index >= 15 is 0 Å². The lowest BCUT2D eigenvalue weighted by Crippen LogP contribution is -2.43. The fourth-order valence-electron chi connectivity index (χ4n) is 1.32. The highest BCUT2D eigenvalue weighted by Crippen LogP contribution is 2.16. The number of hydrogen-bond donors (Lipinski definition) is 4. The highest BCUT2D eigenvalue weighted by atomic mass is 32.1. The molecule has 1 aromatic carbocycles. The van der Waals surface area contributed by atoms with Crippen LogP contribution in [0.25, 0.3) is 0 Å². The summed E-state index contributed by atoms with van der Waals surface area (Å²) in [5.74, 6) is 0. The maximum atomic E-state index is 5.81. The first-order chi connectivity index (χ1) is 7.63. The van der Waals surface area contributed by atoms with Crippen molar-refractivity contribution < 1.29 is 0 Å². The molecule has 16 heavy (non-hydrogen) atoms. The zero-order valence-electron chi connectivity index (χ0n) is 9.36. The molecule has 0 aliphatic rings. The maximum Gasteiger partial charge on any atom is 0.172 e. The van der Waals surface area contributed by atoms with Crippen molar-refractivity contribution in [1.29, 1.82) is 0 Å². The molecule has 1 aromatic rings. The van der Waals surface area contributed by atoms with Crippen molar-refractivity contribution in [2.45, 2.75) is 25.9 Å². The van der Waals surface area contributed by atoms with Crippen molar-refractivity contribution in [2.24, 2.45) is 5.73 Å². The predicted molar refractivity (Wildman–Crippen MR) is 73.1 cm³/mol. The molecule has 0 saturated heterocycles. The average Bonchev–Trinajstić information content (AvgIpc) is 2.21. The van der Waals surface area contributed by atoms with Gasteiger partial charge in [0.2, 0.25) is 0 Å². The molecule has 6 N–H and O–H groups in total. The Labute approximate surface area is 101 Å². The minimum Gasteiger partial charge on any atom is -0.397 e. The molecule has 1 unspecified atom stereocenters. The highest BCUT2D eigenvalue weighted by molar-refractivity contribution is 7.80. The van der Waals surface area contributed by atoms with Gasteiger partial charge in [-0.15, -0.1) is 0 Å². The summed E-state index contributed by atoms with van der Waals surface area (Å²) in [5, 5.41) is 6.51. The number of nitrogens with two attached hydrogens (primary N) is 2. The van der Waals surface area contributed by atoms with Crippen molar-refractivity contribution in [3.8, 4) is 0 Å². The molecule has 1 rings (SSSR count). The van der Waals surface area contributed by atoms with Crippen LogP contribution in [0.4, 0.5) is 11.4 Å². The topological polar surface area (TPSA) is 76.1 Å². The number of para-hydroxylation sites is 2. The molecule has 0 radical (unpaired) electrons. The largest absolute Gasteiger partial charge is 0.397 e. The van der Waals surface area contributed by atoms with Crippen molar-refractivity contribution in [3.05, 3.63) is 24.3 Å². The molecule has 0 aliphatic carbocycles. The second-order valence-corrected chi connectivity index (χ2v) is 3.99. The molecule has 0 aromatic heterocycles. The van der Waals surface area contributed by atoms with Gasteiger partial charge in [-0.2, -0.15) is 0 Å². The zero-order valence-corrected chi connectivity index (χ0v) is 10.2. The van der Waals surface area contributed by atoms with E-state index in [1.54, 1.807) is 0 Å². The molecule has 0 heterocycles. The van der Waals surface area contributed by atoms with Gasteiger partial charge in [-0.05, 0) is 30.8 Å². The summed E-state index contributed by atoms with van der Waals surface area (Å²) in [6, 6.07) is 7.46. The van der Waals surface area contributed by atoms with E-state index in [2.05, 4.69) is 17.6 Å². The lowest BCUT2D eigenvalue weighted by atomic mass is 10.2. The van der Waals surface area contributed by atoms with Crippen LogP contribution in [0.3, 0.4) is 0 Å². The molecule has 1 atom stereocenters. The van der Waals surface area contributed by atoms with Gasteiger partial charge in [0.15, 0.2) is 5.11 Å². The first-order valence-corrected chi connectivity index (χ1v) is 5.72. The Morgan fingerprint density at radius 2 is 2.12 bits per heavy atom. The lowest BCUT2D eigenvalue weighted by molar-refractivity contribution is 0.575. The average molecular weight is 238 g/mol. The van der Waals surface area contributed by atoms with Crippen molar-refractivity contribution in [3.63, 3.8) is 0 Å². The number of benzene rings is 1. The van der Waals surface area contributed by atoms with Crippen LogP contribution in [-0.4, -0.2) is 11.3 Å². The molecule has 0 bridgehead atoms. The second-order valence-electron chi connectivity index (χ2n) is 3.58. The predicted octanol–water partition coefficient (Wildman–Crippen LogP) is 1.64. The molecule has 0 aliphatic heterocycles. The van der Waals surface area contributed by atoms with E-state index in [-0.39, 0.29) is 6.17 Å². The third-order valence-corrected chi connectivity index (χ3v) is 2.35. The van der Waals surface area contributed by atoms with E-state index in [1.165, 1.54) is 0 Å². The summed E-state index contributed by atoms with van der Waals surface area (Å²) in [6.45, 7) is 2.08. The zero-order chi connectivity index (χ0) is 12.0. The number of nitrogens with one attached hydrogen (secondary N) is 2. The molecule has 0 fully saturated rings. The van der Waals surface area contributed by atoms with Crippen LogP contribution in [0, 0.1) is 0 Å². The van der Waals surface area contributed by atoms with Gasteiger partial charge in [0.1, 0.15) is 0 Å².